The van der Waals surface area contributed by atoms with Gasteiger partial charge in [-0.3, -0.25) is 14.5 Å². The highest BCUT2D eigenvalue weighted by Gasteiger charge is 2.56. The molecule has 0 aromatic heterocycles. The van der Waals surface area contributed by atoms with E-state index in [1.165, 1.54) is 4.90 Å². The molecule has 1 aliphatic carbocycles. The van der Waals surface area contributed by atoms with Crippen LogP contribution in [0.1, 0.15) is 44.9 Å². The third-order valence-corrected chi connectivity index (χ3v) is 6.24. The van der Waals surface area contributed by atoms with Gasteiger partial charge in [0, 0.05) is 20.1 Å². The Labute approximate surface area is 161 Å². The van der Waals surface area contributed by atoms with E-state index >= 15 is 0 Å². The van der Waals surface area contributed by atoms with Crippen LogP contribution in [0.3, 0.4) is 0 Å². The Balaban J connectivity index is 0.00000243. The number of carbonyl (C=O) groups is 3. The number of likely N-dealkylation sites (tertiary alicyclic amines) is 1. The summed E-state index contributed by atoms with van der Waals surface area (Å²) < 4.78 is 0. The topological polar surface area (TPSA) is 73.0 Å². The average Bonchev–Trinajstić information content (AvgIpc) is 2.80. The third-order valence-electron chi connectivity index (χ3n) is 6.24. The fourth-order valence-corrected chi connectivity index (χ4v) is 4.58. The summed E-state index contributed by atoms with van der Waals surface area (Å²) >= 11 is 0. The van der Waals surface area contributed by atoms with Gasteiger partial charge in [-0.05, 0) is 45.2 Å². The molecule has 4 amide bonds. The quantitative estimate of drug-likeness (QED) is 0.742. The predicted molar refractivity (Wildman–Crippen MR) is 101 cm³/mol. The lowest BCUT2D eigenvalue weighted by Crippen LogP contribution is -2.50. The monoisotopic (exact) mass is 386 g/mol. The number of carbonyl (C=O) groups excluding carboxylic acids is 3. The summed E-state index contributed by atoms with van der Waals surface area (Å²) in [7, 11) is 3.65. The van der Waals surface area contributed by atoms with E-state index in [-0.39, 0.29) is 36.8 Å². The molecule has 3 rings (SSSR count). The average molecular weight is 387 g/mol. The molecule has 0 atom stereocenters. The summed E-state index contributed by atoms with van der Waals surface area (Å²) in [6.45, 7) is 2.28. The molecule has 1 saturated carbocycles. The molecule has 0 radical (unpaired) electrons. The predicted octanol–water partition coefficient (Wildman–Crippen LogP) is 1.46. The number of nitrogens with zero attached hydrogens (tertiary/aromatic N) is 3. The van der Waals surface area contributed by atoms with Crippen LogP contribution < -0.4 is 5.32 Å². The molecule has 148 valence electrons. The first-order valence-electron chi connectivity index (χ1n) is 9.52. The van der Waals surface area contributed by atoms with Crippen molar-refractivity contribution < 1.29 is 14.4 Å². The van der Waals surface area contributed by atoms with Crippen molar-refractivity contribution >= 4 is 30.3 Å². The second-order valence-corrected chi connectivity index (χ2v) is 7.71. The number of nitrogens with one attached hydrogen (secondary N) is 1. The molecule has 7 nitrogen and oxygen atoms in total. The van der Waals surface area contributed by atoms with Gasteiger partial charge in [0.15, 0.2) is 0 Å². The number of halogens is 1. The number of urea groups is 1. The fourth-order valence-electron chi connectivity index (χ4n) is 4.58. The Morgan fingerprint density at radius 3 is 2.35 bits per heavy atom. The van der Waals surface area contributed by atoms with Gasteiger partial charge in [-0.25, -0.2) is 4.79 Å². The van der Waals surface area contributed by atoms with Crippen LogP contribution in [0.5, 0.6) is 0 Å². The zero-order valence-electron chi connectivity index (χ0n) is 15.8. The number of amides is 4. The van der Waals surface area contributed by atoms with E-state index in [9.17, 15) is 14.4 Å². The number of likely N-dealkylation sites (N-methyl/N-ethyl adjacent to an activating group) is 1. The maximum Gasteiger partial charge on any atom is 0.327 e. The van der Waals surface area contributed by atoms with Gasteiger partial charge in [0.2, 0.25) is 5.91 Å². The van der Waals surface area contributed by atoms with Crippen LogP contribution >= 0.6 is 12.4 Å². The summed E-state index contributed by atoms with van der Waals surface area (Å²) in [4.78, 5) is 42.7. The lowest BCUT2D eigenvalue weighted by molar-refractivity contribution is -0.141. The molecule has 0 aromatic rings. The molecule has 2 heterocycles. The maximum absolute atomic E-state index is 12.9. The number of rotatable bonds is 4. The minimum absolute atomic E-state index is 0. The smallest absolute Gasteiger partial charge is 0.327 e. The minimum Gasteiger partial charge on any atom is -0.341 e. The van der Waals surface area contributed by atoms with Crippen molar-refractivity contribution in [3.8, 4) is 0 Å². The molecule has 8 heteroatoms. The van der Waals surface area contributed by atoms with Crippen LogP contribution in [0.2, 0.25) is 0 Å². The minimum atomic E-state index is -0.699. The second-order valence-electron chi connectivity index (χ2n) is 7.71. The Kier molecular flexibility index (Phi) is 6.91. The lowest BCUT2D eigenvalue weighted by Gasteiger charge is -2.36. The number of hydrogen-bond donors (Lipinski definition) is 1. The first-order chi connectivity index (χ1) is 12.0. The highest BCUT2D eigenvalue weighted by molar-refractivity contribution is 6.08. The van der Waals surface area contributed by atoms with Crippen molar-refractivity contribution in [1.82, 2.24) is 20.0 Å². The van der Waals surface area contributed by atoms with Gasteiger partial charge in [-0.2, -0.15) is 0 Å². The van der Waals surface area contributed by atoms with E-state index in [0.29, 0.717) is 31.8 Å². The van der Waals surface area contributed by atoms with Gasteiger partial charge < -0.3 is 15.1 Å². The molecule has 1 spiro atoms. The van der Waals surface area contributed by atoms with E-state index in [4.69, 9.17) is 0 Å². The molecule has 3 fully saturated rings. The largest absolute Gasteiger partial charge is 0.341 e. The Morgan fingerprint density at radius 2 is 1.77 bits per heavy atom. The highest BCUT2D eigenvalue weighted by atomic mass is 35.5. The molecule has 3 aliphatic rings. The van der Waals surface area contributed by atoms with Crippen LogP contribution in [0, 0.1) is 5.92 Å². The SMILES string of the molecule is CNCC1CCN(C(=O)CN2C(=O)N(C)C3(CCCCC3)C2=O)CC1.Cl. The fraction of sp³-hybridized carbons (Fsp3) is 0.833. The van der Waals surface area contributed by atoms with Crippen LogP contribution in [-0.2, 0) is 9.59 Å². The molecular formula is C18H31ClN4O3. The number of piperidine rings is 1. The van der Waals surface area contributed by atoms with Gasteiger partial charge in [-0.15, -0.1) is 12.4 Å². The standard InChI is InChI=1S/C18H30N4O3.ClH/c1-19-12-14-6-10-21(11-7-14)15(23)13-22-16(24)18(20(2)17(22)25)8-4-3-5-9-18;/h14,19H,3-13H2,1-2H3;1H. The Bertz CT molecular complexity index is 543. The van der Waals surface area contributed by atoms with E-state index < -0.39 is 5.54 Å². The molecule has 0 unspecified atom stereocenters. The Hall–Kier alpha value is -1.34. The molecule has 2 aliphatic heterocycles. The van der Waals surface area contributed by atoms with Crippen LogP contribution in [0.4, 0.5) is 4.79 Å². The summed E-state index contributed by atoms with van der Waals surface area (Å²) in [5.41, 5.74) is -0.699. The third kappa shape index (κ3) is 3.69. The highest BCUT2D eigenvalue weighted by Crippen LogP contribution is 2.39. The van der Waals surface area contributed by atoms with E-state index in [1.807, 2.05) is 7.05 Å². The maximum atomic E-state index is 12.9. The van der Waals surface area contributed by atoms with Crippen molar-refractivity contribution in [1.29, 1.82) is 0 Å². The zero-order chi connectivity index (χ0) is 18.0. The van der Waals surface area contributed by atoms with Crippen LogP contribution in [0.25, 0.3) is 0 Å². The van der Waals surface area contributed by atoms with Gasteiger partial charge in [0.25, 0.3) is 5.91 Å². The van der Waals surface area contributed by atoms with Crippen molar-refractivity contribution in [3.05, 3.63) is 0 Å². The summed E-state index contributed by atoms with van der Waals surface area (Å²) in [6, 6.07) is -0.315. The van der Waals surface area contributed by atoms with Crippen LogP contribution in [0.15, 0.2) is 0 Å². The van der Waals surface area contributed by atoms with E-state index in [1.54, 1.807) is 16.8 Å². The summed E-state index contributed by atoms with van der Waals surface area (Å²) in [6.07, 6.45) is 6.41. The van der Waals surface area contributed by atoms with Crippen molar-refractivity contribution in [2.75, 3.05) is 40.3 Å². The van der Waals surface area contributed by atoms with E-state index in [0.717, 1.165) is 38.6 Å². The normalized spacial score (nSPS) is 23.5. The first kappa shape index (κ1) is 21.0. The number of imide groups is 1. The molecule has 1 N–H and O–H groups in total. The van der Waals surface area contributed by atoms with Crippen molar-refractivity contribution in [2.24, 2.45) is 5.92 Å². The Morgan fingerprint density at radius 1 is 1.15 bits per heavy atom. The molecular weight excluding hydrogens is 356 g/mol. The number of hydrogen-bond acceptors (Lipinski definition) is 4. The molecule has 0 aromatic carbocycles. The first-order valence-corrected chi connectivity index (χ1v) is 9.52. The van der Waals surface area contributed by atoms with Crippen molar-refractivity contribution in [3.63, 3.8) is 0 Å². The van der Waals surface area contributed by atoms with Crippen LogP contribution in [-0.4, -0.2) is 78.4 Å². The summed E-state index contributed by atoms with van der Waals surface area (Å²) in [5.74, 6) is 0.324. The zero-order valence-corrected chi connectivity index (χ0v) is 16.6. The second kappa shape index (κ2) is 8.57. The lowest BCUT2D eigenvalue weighted by atomic mass is 9.81. The molecule has 0 bridgehead atoms. The van der Waals surface area contributed by atoms with Crippen molar-refractivity contribution in [2.45, 2.75) is 50.5 Å². The molecule has 2 saturated heterocycles. The molecule has 26 heavy (non-hydrogen) atoms. The van der Waals surface area contributed by atoms with Gasteiger partial charge in [0.1, 0.15) is 12.1 Å². The van der Waals surface area contributed by atoms with E-state index in [2.05, 4.69) is 5.32 Å². The van der Waals surface area contributed by atoms with Gasteiger partial charge in [0.05, 0.1) is 0 Å². The van der Waals surface area contributed by atoms with Gasteiger partial charge in [-0.1, -0.05) is 19.3 Å². The van der Waals surface area contributed by atoms with Gasteiger partial charge >= 0.3 is 6.03 Å². The summed E-state index contributed by atoms with van der Waals surface area (Å²) in [5, 5.41) is 3.18.